The number of hydrogen-bond acceptors (Lipinski definition) is 3. The van der Waals surface area contributed by atoms with Crippen LogP contribution in [0.4, 0.5) is 0 Å². The summed E-state index contributed by atoms with van der Waals surface area (Å²) in [6.45, 7) is 7.11. The lowest BCUT2D eigenvalue weighted by atomic mass is 10.2. The monoisotopic (exact) mass is 253 g/mol. The van der Waals surface area contributed by atoms with Gasteiger partial charge in [-0.1, -0.05) is 24.4 Å². The smallest absolute Gasteiger partial charge is 0.120 e. The first-order valence-electron chi connectivity index (χ1n) is 5.55. The van der Waals surface area contributed by atoms with Crippen LogP contribution < -0.4 is 10.5 Å². The molecule has 2 N–H and O–H groups in total. The molecule has 17 heavy (non-hydrogen) atoms. The van der Waals surface area contributed by atoms with Gasteiger partial charge in [-0.3, -0.25) is 0 Å². The average molecular weight is 253 g/mol. The van der Waals surface area contributed by atoms with Crippen LogP contribution in [0.2, 0.25) is 0 Å². The van der Waals surface area contributed by atoms with Crippen LogP contribution in [0.25, 0.3) is 0 Å². The maximum Gasteiger partial charge on any atom is 0.120 e. The van der Waals surface area contributed by atoms with Gasteiger partial charge in [-0.25, -0.2) is 0 Å². The number of hydrogen-bond donors (Lipinski definition) is 1. The maximum absolute atomic E-state index is 5.55. The van der Waals surface area contributed by atoms with Crippen molar-refractivity contribution in [1.82, 2.24) is 0 Å². The van der Waals surface area contributed by atoms with Gasteiger partial charge in [-0.05, 0) is 32.9 Å². The average Bonchev–Trinajstić information content (AvgIpc) is 2.23. The highest BCUT2D eigenvalue weighted by molar-refractivity contribution is 7.80. The lowest BCUT2D eigenvalue weighted by Gasteiger charge is -2.19. The Hall–Kier alpha value is -1.13. The van der Waals surface area contributed by atoms with Crippen LogP contribution in [0.1, 0.15) is 26.3 Å². The molecule has 0 saturated carbocycles. The molecule has 0 heterocycles. The Kier molecular flexibility index (Phi) is 4.90. The van der Waals surface area contributed by atoms with Gasteiger partial charge in [0.1, 0.15) is 17.3 Å². The number of ether oxygens (including phenoxy) is 2. The largest absolute Gasteiger partial charge is 0.491 e. The minimum Gasteiger partial charge on any atom is -0.491 e. The van der Waals surface area contributed by atoms with E-state index in [0.29, 0.717) is 18.2 Å². The van der Waals surface area contributed by atoms with Gasteiger partial charge in [-0.15, -0.1) is 0 Å². The van der Waals surface area contributed by atoms with Crippen molar-refractivity contribution >= 4 is 17.2 Å². The molecular formula is C13H19NO2S. The molecule has 1 aromatic carbocycles. The van der Waals surface area contributed by atoms with Gasteiger partial charge in [0.15, 0.2) is 0 Å². The second kappa shape index (κ2) is 5.98. The second-order valence-electron chi connectivity index (χ2n) is 4.70. The summed E-state index contributed by atoms with van der Waals surface area (Å²) in [6, 6.07) is 7.44. The molecule has 3 nitrogen and oxygen atoms in total. The first kappa shape index (κ1) is 13.9. The summed E-state index contributed by atoms with van der Waals surface area (Å²) in [4.78, 5) is 0.376. The van der Waals surface area contributed by atoms with Gasteiger partial charge in [0.2, 0.25) is 0 Å². The molecule has 1 rings (SSSR count). The molecule has 0 aromatic heterocycles. The summed E-state index contributed by atoms with van der Waals surface area (Å²) in [5.41, 5.74) is 6.22. The van der Waals surface area contributed by atoms with Gasteiger partial charge >= 0.3 is 0 Å². The molecule has 0 atom stereocenters. The van der Waals surface area contributed by atoms with E-state index >= 15 is 0 Å². The van der Waals surface area contributed by atoms with E-state index in [0.717, 1.165) is 11.3 Å². The first-order chi connectivity index (χ1) is 7.88. The highest BCUT2D eigenvalue weighted by Gasteiger charge is 2.09. The molecule has 0 saturated heterocycles. The van der Waals surface area contributed by atoms with E-state index in [2.05, 4.69) is 0 Å². The van der Waals surface area contributed by atoms with Gasteiger partial charge in [-0.2, -0.15) is 0 Å². The van der Waals surface area contributed by atoms with Crippen molar-refractivity contribution in [3.05, 3.63) is 29.8 Å². The summed E-state index contributed by atoms with van der Waals surface area (Å²) in [6.07, 6.45) is 0. The van der Waals surface area contributed by atoms with Crippen LogP contribution in [0.3, 0.4) is 0 Å². The first-order valence-corrected chi connectivity index (χ1v) is 5.96. The summed E-state index contributed by atoms with van der Waals surface area (Å²) < 4.78 is 11.1. The lowest BCUT2D eigenvalue weighted by Crippen LogP contribution is -2.22. The van der Waals surface area contributed by atoms with Crippen molar-refractivity contribution in [2.75, 3.05) is 13.2 Å². The quantitative estimate of drug-likeness (QED) is 0.647. The zero-order valence-corrected chi connectivity index (χ0v) is 11.3. The third-order valence-electron chi connectivity index (χ3n) is 2.01. The van der Waals surface area contributed by atoms with E-state index in [4.69, 9.17) is 27.4 Å². The van der Waals surface area contributed by atoms with E-state index in [-0.39, 0.29) is 5.60 Å². The number of rotatable bonds is 5. The molecule has 94 valence electrons. The SMILES string of the molecule is CC(C)(C)OCCOc1cccc(C(N)=S)c1. The van der Waals surface area contributed by atoms with Gasteiger partial charge in [0.25, 0.3) is 0 Å². The third kappa shape index (κ3) is 5.65. The predicted molar refractivity (Wildman–Crippen MR) is 73.5 cm³/mol. The van der Waals surface area contributed by atoms with Crippen LogP contribution in [0, 0.1) is 0 Å². The van der Waals surface area contributed by atoms with Crippen LogP contribution in [-0.4, -0.2) is 23.8 Å². The normalized spacial score (nSPS) is 11.2. The third-order valence-corrected chi connectivity index (χ3v) is 2.24. The molecular weight excluding hydrogens is 234 g/mol. The number of nitrogens with two attached hydrogens (primary N) is 1. The van der Waals surface area contributed by atoms with Crippen LogP contribution in [-0.2, 0) is 4.74 Å². The topological polar surface area (TPSA) is 44.5 Å². The van der Waals surface area contributed by atoms with Crippen molar-refractivity contribution in [3.8, 4) is 5.75 Å². The maximum atomic E-state index is 5.55. The predicted octanol–water partition coefficient (Wildman–Crippen LogP) is 2.51. The fraction of sp³-hybridized carbons (Fsp3) is 0.462. The zero-order valence-electron chi connectivity index (χ0n) is 10.5. The summed E-state index contributed by atoms with van der Waals surface area (Å²) in [5.74, 6) is 0.757. The van der Waals surface area contributed by atoms with Crippen molar-refractivity contribution in [2.45, 2.75) is 26.4 Å². The molecule has 0 unspecified atom stereocenters. The summed E-state index contributed by atoms with van der Waals surface area (Å²) in [7, 11) is 0. The van der Waals surface area contributed by atoms with Crippen molar-refractivity contribution < 1.29 is 9.47 Å². The van der Waals surface area contributed by atoms with Crippen molar-refractivity contribution in [2.24, 2.45) is 5.73 Å². The van der Waals surface area contributed by atoms with Gasteiger partial charge < -0.3 is 15.2 Å². The Balaban J connectivity index is 2.42. The Morgan fingerprint density at radius 1 is 1.29 bits per heavy atom. The van der Waals surface area contributed by atoms with E-state index < -0.39 is 0 Å². The van der Waals surface area contributed by atoms with Crippen molar-refractivity contribution in [1.29, 1.82) is 0 Å². The molecule has 0 bridgehead atoms. The Bertz CT molecular complexity index is 385. The fourth-order valence-electron chi connectivity index (χ4n) is 1.25. The molecule has 0 aliphatic heterocycles. The van der Waals surface area contributed by atoms with Crippen LogP contribution >= 0.6 is 12.2 Å². The van der Waals surface area contributed by atoms with Gasteiger partial charge in [0, 0.05) is 5.56 Å². The molecule has 0 amide bonds. The highest BCUT2D eigenvalue weighted by atomic mass is 32.1. The summed E-state index contributed by atoms with van der Waals surface area (Å²) in [5, 5.41) is 0. The molecule has 0 fully saturated rings. The highest BCUT2D eigenvalue weighted by Crippen LogP contribution is 2.13. The Labute approximate surface area is 108 Å². The standard InChI is InChI=1S/C13H19NO2S/c1-13(2,3)16-8-7-15-11-6-4-5-10(9-11)12(14)17/h4-6,9H,7-8H2,1-3H3,(H2,14,17). The molecule has 0 radical (unpaired) electrons. The van der Waals surface area contributed by atoms with Crippen molar-refractivity contribution in [3.63, 3.8) is 0 Å². The zero-order chi connectivity index (χ0) is 12.9. The van der Waals surface area contributed by atoms with Crippen LogP contribution in [0.5, 0.6) is 5.75 Å². The second-order valence-corrected chi connectivity index (χ2v) is 5.14. The Morgan fingerprint density at radius 3 is 2.59 bits per heavy atom. The van der Waals surface area contributed by atoms with E-state index in [1.54, 1.807) is 0 Å². The van der Waals surface area contributed by atoms with Gasteiger partial charge in [0.05, 0.1) is 12.2 Å². The summed E-state index contributed by atoms with van der Waals surface area (Å²) >= 11 is 4.90. The molecule has 1 aromatic rings. The minimum atomic E-state index is -0.135. The molecule has 0 spiro atoms. The number of thiocarbonyl (C=S) groups is 1. The van der Waals surface area contributed by atoms with E-state index in [1.165, 1.54) is 0 Å². The van der Waals surface area contributed by atoms with Crippen LogP contribution in [0.15, 0.2) is 24.3 Å². The fourth-order valence-corrected chi connectivity index (χ4v) is 1.37. The Morgan fingerprint density at radius 2 is 2.00 bits per heavy atom. The number of benzene rings is 1. The molecule has 0 aliphatic carbocycles. The molecule has 4 heteroatoms. The molecule has 0 aliphatic rings. The lowest BCUT2D eigenvalue weighted by molar-refractivity contribution is -0.0163. The van der Waals surface area contributed by atoms with E-state index in [1.807, 2.05) is 45.0 Å². The minimum absolute atomic E-state index is 0.135. The van der Waals surface area contributed by atoms with E-state index in [9.17, 15) is 0 Å².